The minimum Gasteiger partial charge on any atom is -0.358 e. The van der Waals surface area contributed by atoms with Crippen molar-refractivity contribution in [2.45, 2.75) is 6.92 Å². The molecular formula is C14H13N3O2. The second-order valence-electron chi connectivity index (χ2n) is 4.04. The number of benzene rings is 2. The van der Waals surface area contributed by atoms with Crippen LogP contribution in [0.15, 0.2) is 59.7 Å². The van der Waals surface area contributed by atoms with Crippen LogP contribution < -0.4 is 5.43 Å². The minimum absolute atomic E-state index is 0.205. The molecule has 0 atom stereocenters. The largest absolute Gasteiger partial charge is 0.395 e. The molecule has 0 heterocycles. The first kappa shape index (κ1) is 12.8. The van der Waals surface area contributed by atoms with Crippen LogP contribution in [-0.2, 0) is 0 Å². The maximum absolute atomic E-state index is 11.0. The van der Waals surface area contributed by atoms with E-state index in [1.165, 1.54) is 0 Å². The first-order valence-corrected chi connectivity index (χ1v) is 5.77. The Balaban J connectivity index is 2.25. The molecule has 0 spiro atoms. The number of nitrogens with zero attached hydrogens (tertiary/aromatic N) is 2. The van der Waals surface area contributed by atoms with Crippen molar-refractivity contribution < 1.29 is 4.92 Å². The van der Waals surface area contributed by atoms with Gasteiger partial charge in [-0.05, 0) is 36.1 Å². The van der Waals surface area contributed by atoms with Crippen LogP contribution in [0.25, 0.3) is 0 Å². The van der Waals surface area contributed by atoms with Gasteiger partial charge >= 0.3 is 5.84 Å². The summed E-state index contributed by atoms with van der Waals surface area (Å²) in [7, 11) is 0. The van der Waals surface area contributed by atoms with Crippen molar-refractivity contribution in [2.75, 3.05) is 5.43 Å². The van der Waals surface area contributed by atoms with E-state index in [1.54, 1.807) is 24.3 Å². The summed E-state index contributed by atoms with van der Waals surface area (Å²) >= 11 is 0. The fourth-order valence-corrected chi connectivity index (χ4v) is 1.54. The molecule has 2 aromatic rings. The highest BCUT2D eigenvalue weighted by molar-refractivity contribution is 5.92. The van der Waals surface area contributed by atoms with Crippen molar-refractivity contribution in [3.05, 3.63) is 75.8 Å². The number of anilines is 1. The summed E-state index contributed by atoms with van der Waals surface area (Å²) in [5, 5.41) is 14.9. The molecule has 5 nitrogen and oxygen atoms in total. The predicted octanol–water partition coefficient (Wildman–Crippen LogP) is 3.05. The SMILES string of the molecule is Cc1ccc(/C(=N\Nc2ccccc2)[N+](=O)[O-])cc1. The van der Waals surface area contributed by atoms with E-state index in [-0.39, 0.29) is 5.84 Å². The lowest BCUT2D eigenvalue weighted by Crippen LogP contribution is -2.15. The van der Waals surface area contributed by atoms with Crippen LogP contribution >= 0.6 is 0 Å². The van der Waals surface area contributed by atoms with Crippen molar-refractivity contribution in [2.24, 2.45) is 5.10 Å². The van der Waals surface area contributed by atoms with Crippen molar-refractivity contribution >= 4 is 11.5 Å². The molecule has 96 valence electrons. The second kappa shape index (κ2) is 5.77. The molecule has 1 N–H and O–H groups in total. The zero-order valence-corrected chi connectivity index (χ0v) is 10.4. The van der Waals surface area contributed by atoms with Crippen molar-refractivity contribution in [3.8, 4) is 0 Å². The molecule has 0 aliphatic heterocycles. The third-order valence-corrected chi connectivity index (χ3v) is 2.55. The van der Waals surface area contributed by atoms with E-state index in [9.17, 15) is 10.1 Å². The number of para-hydroxylation sites is 1. The molecule has 19 heavy (non-hydrogen) atoms. The van der Waals surface area contributed by atoms with E-state index < -0.39 is 4.92 Å². The van der Waals surface area contributed by atoms with E-state index in [0.717, 1.165) is 5.56 Å². The molecule has 0 radical (unpaired) electrons. The number of rotatable bonds is 3. The van der Waals surface area contributed by atoms with Gasteiger partial charge in [0.25, 0.3) is 0 Å². The van der Waals surface area contributed by atoms with Crippen molar-refractivity contribution in [1.82, 2.24) is 0 Å². The van der Waals surface area contributed by atoms with Crippen LogP contribution in [0, 0.1) is 17.0 Å². The van der Waals surface area contributed by atoms with Gasteiger partial charge in [-0.1, -0.05) is 35.9 Å². The first-order chi connectivity index (χ1) is 9.16. The van der Waals surface area contributed by atoms with Crippen molar-refractivity contribution in [1.29, 1.82) is 0 Å². The topological polar surface area (TPSA) is 67.5 Å². The summed E-state index contributed by atoms with van der Waals surface area (Å²) in [5.41, 5.74) is 4.90. The molecule has 0 amide bonds. The Labute approximate surface area is 110 Å². The molecule has 0 aromatic heterocycles. The summed E-state index contributed by atoms with van der Waals surface area (Å²) in [6.45, 7) is 1.93. The van der Waals surface area contributed by atoms with E-state index >= 15 is 0 Å². The van der Waals surface area contributed by atoms with Gasteiger partial charge in [-0.25, -0.2) is 0 Å². The number of nitro groups is 1. The maximum atomic E-state index is 11.0. The number of aryl methyl sites for hydroxylation is 1. The molecule has 5 heteroatoms. The molecular weight excluding hydrogens is 242 g/mol. The molecule has 0 bridgehead atoms. The van der Waals surface area contributed by atoms with E-state index in [4.69, 9.17) is 0 Å². The molecule has 0 unspecified atom stereocenters. The average molecular weight is 255 g/mol. The third kappa shape index (κ3) is 3.38. The van der Waals surface area contributed by atoms with Crippen LogP contribution in [0.4, 0.5) is 5.69 Å². The Kier molecular flexibility index (Phi) is 3.87. The van der Waals surface area contributed by atoms with E-state index in [2.05, 4.69) is 10.5 Å². The van der Waals surface area contributed by atoms with Crippen LogP contribution in [0.3, 0.4) is 0 Å². The highest BCUT2D eigenvalue weighted by Gasteiger charge is 2.15. The predicted molar refractivity (Wildman–Crippen MR) is 74.8 cm³/mol. The normalized spacial score (nSPS) is 11.1. The Bertz CT molecular complexity index is 592. The summed E-state index contributed by atoms with van der Waals surface area (Å²) < 4.78 is 0. The van der Waals surface area contributed by atoms with Gasteiger partial charge in [0.05, 0.1) is 16.4 Å². The Hall–Kier alpha value is -2.69. The van der Waals surface area contributed by atoms with Gasteiger partial charge in [-0.2, -0.15) is 5.43 Å². The first-order valence-electron chi connectivity index (χ1n) is 5.77. The number of hydrogen-bond acceptors (Lipinski definition) is 4. The highest BCUT2D eigenvalue weighted by Crippen LogP contribution is 2.08. The molecule has 0 aliphatic carbocycles. The van der Waals surface area contributed by atoms with Gasteiger partial charge in [-0.15, -0.1) is 0 Å². The number of amidine groups is 1. The molecule has 0 aliphatic rings. The Morgan fingerprint density at radius 1 is 1.11 bits per heavy atom. The number of nitrogens with one attached hydrogen (secondary N) is 1. The maximum Gasteiger partial charge on any atom is 0.395 e. The van der Waals surface area contributed by atoms with E-state index in [1.807, 2.05) is 37.3 Å². The van der Waals surface area contributed by atoms with Gasteiger partial charge in [0.15, 0.2) is 0 Å². The van der Waals surface area contributed by atoms with Gasteiger partial charge in [0.2, 0.25) is 0 Å². The van der Waals surface area contributed by atoms with Crippen LogP contribution in [-0.4, -0.2) is 10.8 Å². The van der Waals surface area contributed by atoms with Crippen LogP contribution in [0.1, 0.15) is 11.1 Å². The summed E-state index contributed by atoms with van der Waals surface area (Å²) in [6.07, 6.45) is 0. The summed E-state index contributed by atoms with van der Waals surface area (Å²) in [5.74, 6) is -0.205. The summed E-state index contributed by atoms with van der Waals surface area (Å²) in [6, 6.07) is 16.1. The van der Waals surface area contributed by atoms with Crippen LogP contribution in [0.5, 0.6) is 0 Å². The quantitative estimate of drug-likeness (QED) is 0.396. The number of hydrogen-bond donors (Lipinski definition) is 1. The molecule has 0 fully saturated rings. The minimum atomic E-state index is -0.499. The van der Waals surface area contributed by atoms with Gasteiger partial charge in [0, 0.05) is 0 Å². The molecule has 0 saturated heterocycles. The molecule has 2 aromatic carbocycles. The summed E-state index contributed by atoms with van der Waals surface area (Å²) in [4.78, 5) is 10.5. The lowest BCUT2D eigenvalue weighted by molar-refractivity contribution is -0.349. The third-order valence-electron chi connectivity index (χ3n) is 2.55. The zero-order chi connectivity index (χ0) is 13.7. The fraction of sp³-hybridized carbons (Fsp3) is 0.0714. The number of hydrazone groups is 1. The smallest absolute Gasteiger partial charge is 0.358 e. The average Bonchev–Trinajstić information content (AvgIpc) is 2.42. The van der Waals surface area contributed by atoms with Crippen LogP contribution in [0.2, 0.25) is 0 Å². The van der Waals surface area contributed by atoms with Crippen molar-refractivity contribution in [3.63, 3.8) is 0 Å². The second-order valence-corrected chi connectivity index (χ2v) is 4.04. The van der Waals surface area contributed by atoms with Gasteiger partial charge < -0.3 is 10.1 Å². The highest BCUT2D eigenvalue weighted by atomic mass is 16.6. The Morgan fingerprint density at radius 2 is 1.74 bits per heavy atom. The Morgan fingerprint density at radius 3 is 2.32 bits per heavy atom. The molecule has 2 rings (SSSR count). The van der Waals surface area contributed by atoms with Gasteiger partial charge in [0.1, 0.15) is 0 Å². The molecule has 0 saturated carbocycles. The lowest BCUT2D eigenvalue weighted by Gasteiger charge is -2.00. The monoisotopic (exact) mass is 255 g/mol. The zero-order valence-electron chi connectivity index (χ0n) is 10.4. The van der Waals surface area contributed by atoms with Gasteiger partial charge in [-0.3, -0.25) is 0 Å². The fourth-order valence-electron chi connectivity index (χ4n) is 1.54. The standard InChI is InChI=1S/C14H13N3O2/c1-11-7-9-12(10-8-11)14(17(18)19)16-15-13-5-3-2-4-6-13/h2-10,15H,1H3/b16-14+. The van der Waals surface area contributed by atoms with E-state index in [0.29, 0.717) is 11.3 Å². The lowest BCUT2D eigenvalue weighted by atomic mass is 10.1.